The van der Waals surface area contributed by atoms with Crippen molar-refractivity contribution in [1.82, 2.24) is 10.4 Å². The zero-order chi connectivity index (χ0) is 20.2. The summed E-state index contributed by atoms with van der Waals surface area (Å²) in [5.41, 5.74) is 3.40. The van der Waals surface area contributed by atoms with Crippen molar-refractivity contribution in [1.29, 1.82) is 0 Å². The number of hydrazine groups is 1. The van der Waals surface area contributed by atoms with Gasteiger partial charge in [-0.2, -0.15) is 13.2 Å². The lowest BCUT2D eigenvalue weighted by atomic mass is 10.3. The largest absolute Gasteiger partial charge is 0.494 e. The van der Waals surface area contributed by atoms with E-state index in [1.54, 1.807) is 0 Å². The topological polar surface area (TPSA) is 92.3 Å². The van der Waals surface area contributed by atoms with E-state index in [1.165, 1.54) is 19.2 Å². The standard InChI is InChI=1S/C15H11Cl2F3N4O3/c1-27-12-9(16)4-8(5-10(12)17)22-13(25)14(26)24-23-11-3-2-7(6-21-11)15(18,19)20/h2-6H,1H3,(H,21,23)(H,22,25)(H,24,26). The number of pyridine rings is 1. The summed E-state index contributed by atoms with van der Waals surface area (Å²) in [4.78, 5) is 27.1. The molecular weight excluding hydrogens is 412 g/mol. The molecule has 0 fully saturated rings. The Hall–Kier alpha value is -2.72. The lowest BCUT2D eigenvalue weighted by molar-refractivity contribution is -0.137. The van der Waals surface area contributed by atoms with E-state index in [2.05, 4.69) is 15.7 Å². The van der Waals surface area contributed by atoms with Gasteiger partial charge in [-0.05, 0) is 24.3 Å². The number of hydrogen-bond acceptors (Lipinski definition) is 5. The predicted molar refractivity (Wildman–Crippen MR) is 92.6 cm³/mol. The van der Waals surface area contributed by atoms with Gasteiger partial charge < -0.3 is 10.1 Å². The van der Waals surface area contributed by atoms with Gasteiger partial charge >= 0.3 is 18.0 Å². The molecule has 0 aliphatic carbocycles. The fourth-order valence-electron chi connectivity index (χ4n) is 1.83. The Bertz CT molecular complexity index is 837. The maximum Gasteiger partial charge on any atom is 0.417 e. The molecule has 0 saturated heterocycles. The van der Waals surface area contributed by atoms with Gasteiger partial charge in [-0.15, -0.1) is 0 Å². The second kappa shape index (κ2) is 8.31. The molecule has 0 aliphatic rings. The molecule has 3 N–H and O–H groups in total. The van der Waals surface area contributed by atoms with Crippen molar-refractivity contribution in [3.63, 3.8) is 0 Å². The molecule has 0 spiro atoms. The summed E-state index contributed by atoms with van der Waals surface area (Å²) >= 11 is 11.8. The summed E-state index contributed by atoms with van der Waals surface area (Å²) in [6.07, 6.45) is -3.95. The number of rotatable bonds is 4. The summed E-state index contributed by atoms with van der Waals surface area (Å²) < 4.78 is 42.3. The molecule has 27 heavy (non-hydrogen) atoms. The van der Waals surface area contributed by atoms with Crippen LogP contribution in [0.5, 0.6) is 5.75 Å². The fraction of sp³-hybridized carbons (Fsp3) is 0.133. The van der Waals surface area contributed by atoms with Crippen LogP contribution in [0.3, 0.4) is 0 Å². The minimum Gasteiger partial charge on any atom is -0.494 e. The molecule has 0 bridgehead atoms. The molecule has 1 aromatic heterocycles. The molecule has 0 unspecified atom stereocenters. The van der Waals surface area contributed by atoms with Crippen LogP contribution in [0, 0.1) is 0 Å². The van der Waals surface area contributed by atoms with E-state index in [-0.39, 0.29) is 27.3 Å². The first-order valence-corrected chi connectivity index (χ1v) is 7.81. The average molecular weight is 423 g/mol. The molecule has 1 aromatic carbocycles. The number of carbonyl (C=O) groups excluding carboxylic acids is 2. The van der Waals surface area contributed by atoms with Crippen LogP contribution in [0.4, 0.5) is 24.7 Å². The smallest absolute Gasteiger partial charge is 0.417 e. The second-order valence-electron chi connectivity index (χ2n) is 4.94. The monoisotopic (exact) mass is 422 g/mol. The first kappa shape index (κ1) is 20.6. The molecule has 7 nitrogen and oxygen atoms in total. The maximum atomic E-state index is 12.4. The SMILES string of the molecule is COc1c(Cl)cc(NC(=O)C(=O)NNc2ccc(C(F)(F)F)cn2)cc1Cl. The van der Waals surface area contributed by atoms with Crippen LogP contribution in [0.15, 0.2) is 30.5 Å². The predicted octanol–water partition coefficient (Wildman–Crippen LogP) is 3.50. The molecule has 144 valence electrons. The first-order valence-electron chi connectivity index (χ1n) is 7.05. The number of nitrogens with one attached hydrogen (secondary N) is 3. The van der Waals surface area contributed by atoms with E-state index in [0.717, 1.165) is 12.1 Å². The van der Waals surface area contributed by atoms with Gasteiger partial charge in [0.05, 0.1) is 22.7 Å². The summed E-state index contributed by atoms with van der Waals surface area (Å²) in [7, 11) is 1.36. The Morgan fingerprint density at radius 3 is 2.22 bits per heavy atom. The Labute approximate surface area is 160 Å². The molecule has 0 aliphatic heterocycles. The molecule has 2 amide bonds. The third kappa shape index (κ3) is 5.38. The first-order chi connectivity index (χ1) is 12.6. The number of methoxy groups -OCH3 is 1. The normalized spacial score (nSPS) is 10.9. The van der Waals surface area contributed by atoms with Crippen LogP contribution >= 0.6 is 23.2 Å². The molecule has 2 aromatic rings. The Balaban J connectivity index is 1.95. The Morgan fingerprint density at radius 1 is 1.11 bits per heavy atom. The number of hydrogen-bond donors (Lipinski definition) is 3. The van der Waals surface area contributed by atoms with Crippen molar-refractivity contribution in [3.05, 3.63) is 46.1 Å². The molecule has 1 heterocycles. The number of ether oxygens (including phenoxy) is 1. The maximum absolute atomic E-state index is 12.4. The van der Waals surface area contributed by atoms with Crippen LogP contribution in [0.2, 0.25) is 10.0 Å². The molecule has 2 rings (SSSR count). The molecular formula is C15H11Cl2F3N4O3. The number of benzene rings is 1. The number of alkyl halides is 3. The Kier molecular flexibility index (Phi) is 6.34. The average Bonchev–Trinajstić information content (AvgIpc) is 2.59. The van der Waals surface area contributed by atoms with E-state index in [4.69, 9.17) is 27.9 Å². The number of anilines is 2. The summed E-state index contributed by atoms with van der Waals surface area (Å²) in [5.74, 6) is -2.10. The molecule has 0 saturated carbocycles. The molecule has 0 radical (unpaired) electrons. The van der Waals surface area contributed by atoms with E-state index < -0.39 is 23.6 Å². The van der Waals surface area contributed by atoms with Crippen LogP contribution in [-0.2, 0) is 15.8 Å². The van der Waals surface area contributed by atoms with Crippen molar-refractivity contribution in [2.45, 2.75) is 6.18 Å². The van der Waals surface area contributed by atoms with Crippen molar-refractivity contribution in [2.75, 3.05) is 17.9 Å². The number of nitrogens with zero attached hydrogens (tertiary/aromatic N) is 1. The minimum absolute atomic E-state index is 0.0975. The van der Waals surface area contributed by atoms with Gasteiger partial charge in [0.2, 0.25) is 0 Å². The number of carbonyl (C=O) groups is 2. The quantitative estimate of drug-likeness (QED) is 0.517. The highest BCUT2D eigenvalue weighted by molar-refractivity contribution is 6.41. The van der Waals surface area contributed by atoms with Crippen molar-refractivity contribution in [3.8, 4) is 5.75 Å². The highest BCUT2D eigenvalue weighted by Crippen LogP contribution is 2.35. The third-order valence-electron chi connectivity index (χ3n) is 3.06. The van der Waals surface area contributed by atoms with E-state index in [1.807, 2.05) is 5.43 Å². The van der Waals surface area contributed by atoms with Crippen LogP contribution in [-0.4, -0.2) is 23.9 Å². The van der Waals surface area contributed by atoms with Gasteiger partial charge in [-0.3, -0.25) is 20.4 Å². The van der Waals surface area contributed by atoms with Gasteiger partial charge in [-0.1, -0.05) is 23.2 Å². The Morgan fingerprint density at radius 2 is 1.74 bits per heavy atom. The van der Waals surface area contributed by atoms with Gasteiger partial charge in [0.25, 0.3) is 0 Å². The van der Waals surface area contributed by atoms with Crippen LogP contribution < -0.4 is 20.9 Å². The highest BCUT2D eigenvalue weighted by Gasteiger charge is 2.30. The minimum atomic E-state index is -4.53. The summed E-state index contributed by atoms with van der Waals surface area (Å²) in [6, 6.07) is 4.40. The summed E-state index contributed by atoms with van der Waals surface area (Å²) in [5, 5.41) is 2.49. The van der Waals surface area contributed by atoms with Crippen LogP contribution in [0.25, 0.3) is 0 Å². The van der Waals surface area contributed by atoms with Gasteiger partial charge in [-0.25, -0.2) is 4.98 Å². The van der Waals surface area contributed by atoms with Gasteiger partial charge in [0.1, 0.15) is 5.82 Å². The lowest BCUT2D eigenvalue weighted by Gasteiger charge is -2.11. The van der Waals surface area contributed by atoms with Gasteiger partial charge in [0, 0.05) is 11.9 Å². The zero-order valence-electron chi connectivity index (χ0n) is 13.4. The second-order valence-corrected chi connectivity index (χ2v) is 5.75. The lowest BCUT2D eigenvalue weighted by Crippen LogP contribution is -2.39. The van der Waals surface area contributed by atoms with E-state index in [9.17, 15) is 22.8 Å². The van der Waals surface area contributed by atoms with Gasteiger partial charge in [0.15, 0.2) is 5.75 Å². The summed E-state index contributed by atoms with van der Waals surface area (Å²) in [6.45, 7) is 0. The molecule has 12 heteroatoms. The zero-order valence-corrected chi connectivity index (χ0v) is 15.0. The molecule has 0 atom stereocenters. The van der Waals surface area contributed by atoms with Crippen molar-refractivity contribution in [2.24, 2.45) is 0 Å². The fourth-order valence-corrected chi connectivity index (χ4v) is 2.47. The highest BCUT2D eigenvalue weighted by atomic mass is 35.5. The number of amides is 2. The van der Waals surface area contributed by atoms with Crippen molar-refractivity contribution < 1.29 is 27.5 Å². The third-order valence-corrected chi connectivity index (χ3v) is 3.62. The number of halogens is 5. The van der Waals surface area contributed by atoms with E-state index >= 15 is 0 Å². The van der Waals surface area contributed by atoms with Crippen LogP contribution in [0.1, 0.15) is 5.56 Å². The van der Waals surface area contributed by atoms with Crippen molar-refractivity contribution >= 4 is 46.5 Å². The van der Waals surface area contributed by atoms with E-state index in [0.29, 0.717) is 6.20 Å². The number of aromatic nitrogens is 1.